The molecule has 2 rings (SSSR count). The van der Waals surface area contributed by atoms with Gasteiger partial charge >= 0.3 is 5.97 Å². The first-order chi connectivity index (χ1) is 8.06. The quantitative estimate of drug-likeness (QED) is 0.713. The SMILES string of the molecule is Cc1cc(N2CCNC(=O)C2)nc(C(=O)O)n1. The Kier molecular flexibility index (Phi) is 2.90. The number of piperazine rings is 1. The van der Waals surface area contributed by atoms with Gasteiger partial charge in [0, 0.05) is 24.8 Å². The first-order valence-electron chi connectivity index (χ1n) is 5.17. The van der Waals surface area contributed by atoms with Crippen LogP contribution in [-0.4, -0.2) is 46.6 Å². The number of aromatic carboxylic acids is 1. The molecule has 17 heavy (non-hydrogen) atoms. The van der Waals surface area contributed by atoms with Crippen molar-refractivity contribution in [1.29, 1.82) is 0 Å². The zero-order chi connectivity index (χ0) is 12.4. The Morgan fingerprint density at radius 1 is 1.53 bits per heavy atom. The van der Waals surface area contributed by atoms with Crippen molar-refractivity contribution in [3.8, 4) is 0 Å². The lowest BCUT2D eigenvalue weighted by Crippen LogP contribution is -2.48. The number of carboxylic acids is 1. The van der Waals surface area contributed by atoms with Gasteiger partial charge in [-0.3, -0.25) is 4.79 Å². The van der Waals surface area contributed by atoms with Crippen LogP contribution in [0.2, 0.25) is 0 Å². The van der Waals surface area contributed by atoms with Crippen molar-refractivity contribution in [2.45, 2.75) is 6.92 Å². The van der Waals surface area contributed by atoms with Crippen molar-refractivity contribution in [1.82, 2.24) is 15.3 Å². The van der Waals surface area contributed by atoms with Crippen molar-refractivity contribution in [3.63, 3.8) is 0 Å². The molecule has 0 atom stereocenters. The van der Waals surface area contributed by atoms with Crippen LogP contribution in [0, 0.1) is 6.92 Å². The number of anilines is 1. The van der Waals surface area contributed by atoms with Gasteiger partial charge in [0.05, 0.1) is 6.54 Å². The molecular weight excluding hydrogens is 224 g/mol. The molecule has 0 bridgehead atoms. The number of nitrogens with one attached hydrogen (secondary N) is 1. The normalized spacial score (nSPS) is 15.6. The third-order valence-corrected chi connectivity index (χ3v) is 2.39. The smallest absolute Gasteiger partial charge is 0.374 e. The Morgan fingerprint density at radius 3 is 2.94 bits per heavy atom. The van der Waals surface area contributed by atoms with Crippen molar-refractivity contribution < 1.29 is 14.7 Å². The molecule has 1 amide bonds. The predicted molar refractivity (Wildman–Crippen MR) is 59.0 cm³/mol. The predicted octanol–water partition coefficient (Wildman–Crippen LogP) is -0.581. The van der Waals surface area contributed by atoms with E-state index in [1.165, 1.54) is 0 Å². The molecule has 1 aromatic rings. The molecule has 7 heteroatoms. The molecule has 1 aromatic heterocycles. The maximum absolute atomic E-state index is 11.2. The fraction of sp³-hybridized carbons (Fsp3) is 0.400. The maximum atomic E-state index is 11.2. The maximum Gasteiger partial charge on any atom is 0.374 e. The summed E-state index contributed by atoms with van der Waals surface area (Å²) in [4.78, 5) is 31.5. The van der Waals surface area contributed by atoms with Crippen LogP contribution in [0.3, 0.4) is 0 Å². The molecule has 2 heterocycles. The molecule has 0 spiro atoms. The minimum absolute atomic E-state index is 0.0932. The minimum Gasteiger partial charge on any atom is -0.475 e. The van der Waals surface area contributed by atoms with E-state index in [-0.39, 0.29) is 18.3 Å². The molecule has 0 saturated carbocycles. The van der Waals surface area contributed by atoms with Crippen LogP contribution in [0.1, 0.15) is 16.3 Å². The third kappa shape index (κ3) is 2.49. The van der Waals surface area contributed by atoms with E-state index in [2.05, 4.69) is 15.3 Å². The van der Waals surface area contributed by atoms with E-state index < -0.39 is 5.97 Å². The van der Waals surface area contributed by atoms with Crippen LogP contribution in [-0.2, 0) is 4.79 Å². The van der Waals surface area contributed by atoms with E-state index in [1.54, 1.807) is 17.9 Å². The Balaban J connectivity index is 2.31. The number of carbonyl (C=O) groups excluding carboxylic acids is 1. The number of hydrogen-bond acceptors (Lipinski definition) is 5. The number of hydrogen-bond donors (Lipinski definition) is 2. The average molecular weight is 236 g/mol. The molecule has 1 saturated heterocycles. The summed E-state index contributed by atoms with van der Waals surface area (Å²) in [5, 5.41) is 11.6. The Morgan fingerprint density at radius 2 is 2.29 bits per heavy atom. The van der Waals surface area contributed by atoms with Gasteiger partial charge < -0.3 is 15.3 Å². The lowest BCUT2D eigenvalue weighted by atomic mass is 10.3. The number of aryl methyl sites for hydroxylation is 1. The largest absolute Gasteiger partial charge is 0.475 e. The highest BCUT2D eigenvalue weighted by Gasteiger charge is 2.19. The van der Waals surface area contributed by atoms with Gasteiger partial charge in [-0.15, -0.1) is 0 Å². The first-order valence-corrected chi connectivity index (χ1v) is 5.17. The standard InChI is InChI=1S/C10H12N4O3/c1-6-4-7(13-9(12-6)10(16)17)14-3-2-11-8(15)5-14/h4H,2-3,5H2,1H3,(H,11,15)(H,16,17). The van der Waals surface area contributed by atoms with Crippen LogP contribution in [0.4, 0.5) is 5.82 Å². The molecular formula is C10H12N4O3. The van der Waals surface area contributed by atoms with Crippen LogP contribution >= 0.6 is 0 Å². The zero-order valence-corrected chi connectivity index (χ0v) is 9.30. The van der Waals surface area contributed by atoms with Gasteiger partial charge in [-0.25, -0.2) is 14.8 Å². The monoisotopic (exact) mass is 236 g/mol. The van der Waals surface area contributed by atoms with Gasteiger partial charge in [-0.05, 0) is 6.92 Å². The molecule has 0 aliphatic carbocycles. The number of carboxylic acid groups (broad SMARTS) is 1. The molecule has 0 radical (unpaired) electrons. The van der Waals surface area contributed by atoms with E-state index in [0.29, 0.717) is 24.6 Å². The summed E-state index contributed by atoms with van der Waals surface area (Å²) >= 11 is 0. The molecule has 1 fully saturated rings. The van der Waals surface area contributed by atoms with E-state index >= 15 is 0 Å². The van der Waals surface area contributed by atoms with Crippen LogP contribution in [0.25, 0.3) is 0 Å². The Bertz CT molecular complexity index is 475. The van der Waals surface area contributed by atoms with Gasteiger partial charge in [-0.2, -0.15) is 0 Å². The summed E-state index contributed by atoms with van der Waals surface area (Å²) in [5.41, 5.74) is 0.568. The van der Waals surface area contributed by atoms with Crippen LogP contribution in [0.5, 0.6) is 0 Å². The second kappa shape index (κ2) is 4.36. The van der Waals surface area contributed by atoms with Gasteiger partial charge in [-0.1, -0.05) is 0 Å². The summed E-state index contributed by atoms with van der Waals surface area (Å²) in [7, 11) is 0. The molecule has 1 aliphatic rings. The van der Waals surface area contributed by atoms with Crippen molar-refractivity contribution >= 4 is 17.7 Å². The van der Waals surface area contributed by atoms with E-state index in [1.807, 2.05) is 0 Å². The first kappa shape index (κ1) is 11.3. The molecule has 0 aromatic carbocycles. The van der Waals surface area contributed by atoms with Crippen molar-refractivity contribution in [3.05, 3.63) is 17.6 Å². The van der Waals surface area contributed by atoms with E-state index in [9.17, 15) is 9.59 Å². The minimum atomic E-state index is -1.17. The number of aromatic nitrogens is 2. The summed E-state index contributed by atoms with van der Waals surface area (Å²) in [6.45, 7) is 3.03. The van der Waals surface area contributed by atoms with Gasteiger partial charge in [0.2, 0.25) is 11.7 Å². The van der Waals surface area contributed by atoms with E-state index in [0.717, 1.165) is 0 Å². The summed E-state index contributed by atoms with van der Waals surface area (Å²) in [6, 6.07) is 1.67. The topological polar surface area (TPSA) is 95.4 Å². The summed E-state index contributed by atoms with van der Waals surface area (Å²) in [5.74, 6) is -1.03. The molecule has 1 aliphatic heterocycles. The van der Waals surface area contributed by atoms with Crippen molar-refractivity contribution in [2.24, 2.45) is 0 Å². The lowest BCUT2D eigenvalue weighted by Gasteiger charge is -2.27. The molecule has 90 valence electrons. The molecule has 0 unspecified atom stereocenters. The van der Waals surface area contributed by atoms with E-state index in [4.69, 9.17) is 5.11 Å². The fourth-order valence-corrected chi connectivity index (χ4v) is 1.64. The van der Waals surface area contributed by atoms with Gasteiger partial charge in [0.1, 0.15) is 5.82 Å². The number of nitrogens with zero attached hydrogens (tertiary/aromatic N) is 3. The van der Waals surface area contributed by atoms with Gasteiger partial charge in [0.15, 0.2) is 0 Å². The van der Waals surface area contributed by atoms with Crippen LogP contribution < -0.4 is 10.2 Å². The number of amides is 1. The highest BCUT2D eigenvalue weighted by Crippen LogP contribution is 2.13. The Labute approximate surface area is 97.5 Å². The molecule has 2 N–H and O–H groups in total. The lowest BCUT2D eigenvalue weighted by molar-refractivity contribution is -0.120. The summed E-state index contributed by atoms with van der Waals surface area (Å²) in [6.07, 6.45) is 0. The zero-order valence-electron chi connectivity index (χ0n) is 9.30. The second-order valence-electron chi connectivity index (χ2n) is 3.77. The highest BCUT2D eigenvalue weighted by atomic mass is 16.4. The number of carbonyl (C=O) groups is 2. The fourth-order valence-electron chi connectivity index (χ4n) is 1.64. The molecule has 7 nitrogen and oxygen atoms in total. The second-order valence-corrected chi connectivity index (χ2v) is 3.77. The third-order valence-electron chi connectivity index (χ3n) is 2.39. The van der Waals surface area contributed by atoms with Gasteiger partial charge in [0.25, 0.3) is 0 Å². The Hall–Kier alpha value is -2.18. The van der Waals surface area contributed by atoms with Crippen molar-refractivity contribution in [2.75, 3.05) is 24.5 Å². The van der Waals surface area contributed by atoms with Crippen LogP contribution in [0.15, 0.2) is 6.07 Å². The summed E-state index contributed by atoms with van der Waals surface area (Å²) < 4.78 is 0. The average Bonchev–Trinajstić information content (AvgIpc) is 2.28. The highest BCUT2D eigenvalue weighted by molar-refractivity contribution is 5.84. The number of rotatable bonds is 2.